The van der Waals surface area contributed by atoms with E-state index in [4.69, 9.17) is 9.47 Å². The van der Waals surface area contributed by atoms with E-state index in [1.165, 1.54) is 11.1 Å². The number of amides is 1. The molecule has 172 valence electrons. The van der Waals surface area contributed by atoms with Crippen molar-refractivity contribution >= 4 is 5.91 Å². The molecule has 4 rings (SSSR count). The van der Waals surface area contributed by atoms with Crippen LogP contribution in [-0.4, -0.2) is 19.1 Å². The topological polar surface area (TPSA) is 47.6 Å². The van der Waals surface area contributed by atoms with E-state index < -0.39 is 0 Å². The molecular formula is C30H29NO3. The molecule has 1 N–H and O–H groups in total. The minimum Gasteiger partial charge on any atom is -0.489 e. The van der Waals surface area contributed by atoms with Crippen LogP contribution < -0.4 is 14.8 Å². The molecule has 0 unspecified atom stereocenters. The van der Waals surface area contributed by atoms with E-state index in [1.54, 1.807) is 0 Å². The molecule has 0 radical (unpaired) electrons. The molecule has 0 saturated heterocycles. The lowest BCUT2D eigenvalue weighted by Crippen LogP contribution is -2.30. The van der Waals surface area contributed by atoms with Crippen LogP contribution in [-0.2, 0) is 11.4 Å². The van der Waals surface area contributed by atoms with Gasteiger partial charge in [0.25, 0.3) is 5.91 Å². The minimum atomic E-state index is -0.135. The number of hydrogen-bond donors (Lipinski definition) is 1. The molecule has 0 aliphatic heterocycles. The summed E-state index contributed by atoms with van der Waals surface area (Å²) in [6.07, 6.45) is 0.813. The molecule has 0 saturated carbocycles. The van der Waals surface area contributed by atoms with Crippen LogP contribution in [0.2, 0.25) is 0 Å². The van der Waals surface area contributed by atoms with Gasteiger partial charge in [-0.1, -0.05) is 91.0 Å². The van der Waals surface area contributed by atoms with Crippen molar-refractivity contribution < 1.29 is 14.3 Å². The third-order valence-electron chi connectivity index (χ3n) is 5.60. The lowest BCUT2D eigenvalue weighted by atomic mass is 9.88. The quantitative estimate of drug-likeness (QED) is 0.305. The average molecular weight is 452 g/mol. The zero-order chi connectivity index (χ0) is 23.4. The van der Waals surface area contributed by atoms with Crippen molar-refractivity contribution in [1.82, 2.24) is 5.32 Å². The number of ether oxygens (including phenoxy) is 2. The largest absolute Gasteiger partial charge is 0.489 e. The number of hydrogen-bond acceptors (Lipinski definition) is 3. The SMILES string of the molecule is O=C(COc1ccc(OCc2ccccc2)cc1)NCCC(c1ccccc1)c1ccccc1. The predicted molar refractivity (Wildman–Crippen MR) is 135 cm³/mol. The summed E-state index contributed by atoms with van der Waals surface area (Å²) >= 11 is 0. The van der Waals surface area contributed by atoms with Crippen LogP contribution in [0.15, 0.2) is 115 Å². The summed E-state index contributed by atoms with van der Waals surface area (Å²) in [5.41, 5.74) is 3.60. The van der Waals surface area contributed by atoms with Crippen molar-refractivity contribution in [1.29, 1.82) is 0 Å². The summed E-state index contributed by atoms with van der Waals surface area (Å²) in [4.78, 5) is 12.3. The van der Waals surface area contributed by atoms with Crippen molar-refractivity contribution in [2.24, 2.45) is 0 Å². The highest BCUT2D eigenvalue weighted by molar-refractivity contribution is 5.77. The Kier molecular flexibility index (Phi) is 8.34. The molecule has 0 fully saturated rings. The fourth-order valence-electron chi connectivity index (χ4n) is 3.83. The summed E-state index contributed by atoms with van der Waals surface area (Å²) in [5, 5.41) is 2.98. The molecule has 0 aromatic heterocycles. The van der Waals surface area contributed by atoms with Gasteiger partial charge in [0.2, 0.25) is 0 Å². The van der Waals surface area contributed by atoms with Crippen LogP contribution in [0.3, 0.4) is 0 Å². The Morgan fingerprint density at radius 1 is 0.647 bits per heavy atom. The number of nitrogens with one attached hydrogen (secondary N) is 1. The number of benzene rings is 4. The Labute approximate surface area is 201 Å². The molecular weight excluding hydrogens is 422 g/mol. The van der Waals surface area contributed by atoms with E-state index in [1.807, 2.05) is 66.7 Å². The Morgan fingerprint density at radius 2 is 1.15 bits per heavy atom. The summed E-state index contributed by atoms with van der Waals surface area (Å²) in [7, 11) is 0. The minimum absolute atomic E-state index is 0.0223. The van der Waals surface area contributed by atoms with Gasteiger partial charge in [-0.3, -0.25) is 4.79 Å². The molecule has 0 aliphatic carbocycles. The second-order valence-electron chi connectivity index (χ2n) is 8.05. The maximum atomic E-state index is 12.3. The third kappa shape index (κ3) is 6.97. The lowest BCUT2D eigenvalue weighted by molar-refractivity contribution is -0.123. The van der Waals surface area contributed by atoms with Gasteiger partial charge in [0.1, 0.15) is 18.1 Å². The summed E-state index contributed by atoms with van der Waals surface area (Å²) in [6.45, 7) is 1.06. The molecule has 1 amide bonds. The smallest absolute Gasteiger partial charge is 0.257 e. The van der Waals surface area contributed by atoms with E-state index >= 15 is 0 Å². The van der Waals surface area contributed by atoms with Gasteiger partial charge < -0.3 is 14.8 Å². The predicted octanol–water partition coefficient (Wildman–Crippen LogP) is 5.98. The molecule has 4 nitrogen and oxygen atoms in total. The van der Waals surface area contributed by atoms with Crippen LogP contribution in [0.5, 0.6) is 11.5 Å². The average Bonchev–Trinajstić information content (AvgIpc) is 2.91. The second kappa shape index (κ2) is 12.3. The molecule has 34 heavy (non-hydrogen) atoms. The van der Waals surface area contributed by atoms with Crippen molar-refractivity contribution in [3.63, 3.8) is 0 Å². The van der Waals surface area contributed by atoms with Gasteiger partial charge in [0, 0.05) is 12.5 Å². The highest BCUT2D eigenvalue weighted by atomic mass is 16.5. The van der Waals surface area contributed by atoms with Gasteiger partial charge in [-0.15, -0.1) is 0 Å². The standard InChI is InChI=1S/C30H29NO3/c32-30(23-34-28-18-16-27(17-19-28)33-22-24-10-4-1-5-11-24)31-21-20-29(25-12-6-2-7-13-25)26-14-8-3-9-15-26/h1-19,29H,20-23H2,(H,31,32). The maximum absolute atomic E-state index is 12.3. The second-order valence-corrected chi connectivity index (χ2v) is 8.05. The Hall–Kier alpha value is -4.05. The fourth-order valence-corrected chi connectivity index (χ4v) is 3.83. The molecule has 4 aromatic carbocycles. The van der Waals surface area contributed by atoms with E-state index in [2.05, 4.69) is 53.8 Å². The highest BCUT2D eigenvalue weighted by Crippen LogP contribution is 2.27. The van der Waals surface area contributed by atoms with Crippen molar-refractivity contribution in [3.05, 3.63) is 132 Å². The zero-order valence-corrected chi connectivity index (χ0v) is 19.1. The van der Waals surface area contributed by atoms with Crippen LogP contribution in [0.4, 0.5) is 0 Å². The Bertz CT molecular complexity index is 1090. The van der Waals surface area contributed by atoms with E-state index in [9.17, 15) is 4.79 Å². The third-order valence-corrected chi connectivity index (χ3v) is 5.60. The van der Waals surface area contributed by atoms with Gasteiger partial charge in [-0.25, -0.2) is 0 Å². The molecule has 4 heteroatoms. The van der Waals surface area contributed by atoms with Gasteiger partial charge in [0.15, 0.2) is 6.61 Å². The Morgan fingerprint density at radius 3 is 1.71 bits per heavy atom. The van der Waals surface area contributed by atoms with E-state index in [0.717, 1.165) is 17.7 Å². The molecule has 0 atom stereocenters. The first-order valence-corrected chi connectivity index (χ1v) is 11.5. The van der Waals surface area contributed by atoms with E-state index in [-0.39, 0.29) is 18.4 Å². The van der Waals surface area contributed by atoms with E-state index in [0.29, 0.717) is 18.9 Å². The molecule has 0 bridgehead atoms. The summed E-state index contributed by atoms with van der Waals surface area (Å²) < 4.78 is 11.4. The monoisotopic (exact) mass is 451 g/mol. The molecule has 0 heterocycles. The van der Waals surface area contributed by atoms with Crippen molar-refractivity contribution in [3.8, 4) is 11.5 Å². The van der Waals surface area contributed by atoms with Gasteiger partial charge in [-0.05, 0) is 47.4 Å². The maximum Gasteiger partial charge on any atom is 0.257 e. The Balaban J connectivity index is 1.22. The zero-order valence-electron chi connectivity index (χ0n) is 19.1. The number of carbonyl (C=O) groups is 1. The van der Waals surface area contributed by atoms with Crippen LogP contribution >= 0.6 is 0 Å². The first-order valence-electron chi connectivity index (χ1n) is 11.5. The molecule has 0 aliphatic rings. The first kappa shape index (κ1) is 23.1. The van der Waals surface area contributed by atoms with Crippen LogP contribution in [0, 0.1) is 0 Å². The number of rotatable bonds is 11. The molecule has 0 spiro atoms. The first-order chi connectivity index (χ1) is 16.8. The summed E-state index contributed by atoms with van der Waals surface area (Å²) in [6, 6.07) is 38.1. The lowest BCUT2D eigenvalue weighted by Gasteiger charge is -2.18. The van der Waals surface area contributed by atoms with Crippen molar-refractivity contribution in [2.45, 2.75) is 18.9 Å². The number of carbonyl (C=O) groups excluding carboxylic acids is 1. The molecule has 4 aromatic rings. The fraction of sp³-hybridized carbons (Fsp3) is 0.167. The van der Waals surface area contributed by atoms with Crippen molar-refractivity contribution in [2.75, 3.05) is 13.2 Å². The normalized spacial score (nSPS) is 10.6. The van der Waals surface area contributed by atoms with Gasteiger partial charge in [-0.2, -0.15) is 0 Å². The van der Waals surface area contributed by atoms with Crippen LogP contribution in [0.25, 0.3) is 0 Å². The van der Waals surface area contributed by atoms with Gasteiger partial charge >= 0.3 is 0 Å². The van der Waals surface area contributed by atoms with Gasteiger partial charge in [0.05, 0.1) is 0 Å². The highest BCUT2D eigenvalue weighted by Gasteiger charge is 2.14. The summed E-state index contributed by atoms with van der Waals surface area (Å²) in [5.74, 6) is 1.48. The van der Waals surface area contributed by atoms with Crippen LogP contribution in [0.1, 0.15) is 29.0 Å².